The topological polar surface area (TPSA) is 66.3 Å². The first-order chi connectivity index (χ1) is 8.13. The van der Waals surface area contributed by atoms with Gasteiger partial charge < -0.3 is 10.0 Å². The van der Waals surface area contributed by atoms with Crippen molar-refractivity contribution in [3.05, 3.63) is 17.5 Å². The summed E-state index contributed by atoms with van der Waals surface area (Å²) in [7, 11) is 0. The number of aromatic nitrogens is 2. The summed E-state index contributed by atoms with van der Waals surface area (Å²) in [6, 6.07) is 2.03. The Kier molecular flexibility index (Phi) is 2.28. The summed E-state index contributed by atoms with van der Waals surface area (Å²) >= 11 is 0. The maximum atomic E-state index is 11.0. The molecule has 2 aliphatic rings. The maximum absolute atomic E-state index is 11.0. The highest BCUT2D eigenvalue weighted by atomic mass is 16.4. The van der Waals surface area contributed by atoms with Gasteiger partial charge in [0.25, 0.3) is 0 Å². The molecule has 5 heteroatoms. The van der Waals surface area contributed by atoms with E-state index in [4.69, 9.17) is 5.11 Å². The van der Waals surface area contributed by atoms with E-state index in [0.717, 1.165) is 18.2 Å². The Bertz CT molecular complexity index is 475. The van der Waals surface area contributed by atoms with E-state index in [9.17, 15) is 4.79 Å². The second-order valence-corrected chi connectivity index (χ2v) is 4.98. The van der Waals surface area contributed by atoms with Crippen LogP contribution in [-0.4, -0.2) is 33.6 Å². The van der Waals surface area contributed by atoms with Crippen molar-refractivity contribution in [3.63, 3.8) is 0 Å². The SMILES string of the molecule is Cc1cc(C(=O)O)nc(N2CC3CCC2C3)n1. The predicted octanol–water partition coefficient (Wildman–Crippen LogP) is 1.47. The van der Waals surface area contributed by atoms with Crippen LogP contribution < -0.4 is 4.90 Å². The van der Waals surface area contributed by atoms with Crippen LogP contribution in [0.4, 0.5) is 5.95 Å². The molecule has 90 valence electrons. The molecular weight excluding hydrogens is 218 g/mol. The Morgan fingerprint density at radius 1 is 1.47 bits per heavy atom. The summed E-state index contributed by atoms with van der Waals surface area (Å²) in [6.07, 6.45) is 3.68. The maximum Gasteiger partial charge on any atom is 0.354 e. The summed E-state index contributed by atoms with van der Waals surface area (Å²) in [4.78, 5) is 21.7. The molecule has 0 aromatic carbocycles. The molecule has 2 heterocycles. The Labute approximate surface area is 99.5 Å². The largest absolute Gasteiger partial charge is 0.477 e. The normalized spacial score (nSPS) is 26.5. The van der Waals surface area contributed by atoms with Gasteiger partial charge in [0.2, 0.25) is 5.95 Å². The van der Waals surface area contributed by atoms with Crippen LogP contribution in [0.1, 0.15) is 35.4 Å². The number of aryl methyl sites for hydroxylation is 1. The molecule has 1 aliphatic carbocycles. The molecule has 2 fully saturated rings. The number of aromatic carboxylic acids is 1. The van der Waals surface area contributed by atoms with E-state index in [-0.39, 0.29) is 5.69 Å². The van der Waals surface area contributed by atoms with Crippen molar-refractivity contribution in [1.29, 1.82) is 0 Å². The molecule has 2 bridgehead atoms. The number of rotatable bonds is 2. The van der Waals surface area contributed by atoms with Gasteiger partial charge in [0.15, 0.2) is 5.69 Å². The second kappa shape index (κ2) is 3.68. The average molecular weight is 233 g/mol. The van der Waals surface area contributed by atoms with Gasteiger partial charge in [-0.2, -0.15) is 0 Å². The minimum atomic E-state index is -0.985. The summed E-state index contributed by atoms with van der Waals surface area (Å²) in [5, 5.41) is 9.00. The number of carboxylic acid groups (broad SMARTS) is 1. The molecular formula is C12H15N3O2. The average Bonchev–Trinajstić information content (AvgIpc) is 2.89. The Morgan fingerprint density at radius 2 is 2.29 bits per heavy atom. The third-order valence-electron chi connectivity index (χ3n) is 3.73. The lowest BCUT2D eigenvalue weighted by Gasteiger charge is -2.27. The zero-order valence-corrected chi connectivity index (χ0v) is 9.76. The fourth-order valence-corrected chi connectivity index (χ4v) is 2.96. The lowest BCUT2D eigenvalue weighted by molar-refractivity contribution is 0.0690. The van der Waals surface area contributed by atoms with Crippen LogP contribution >= 0.6 is 0 Å². The number of fused-ring (bicyclic) bond motifs is 2. The van der Waals surface area contributed by atoms with Crippen LogP contribution in [-0.2, 0) is 0 Å². The van der Waals surface area contributed by atoms with Crippen LogP contribution in [0.15, 0.2) is 6.07 Å². The number of hydrogen-bond acceptors (Lipinski definition) is 4. The van der Waals surface area contributed by atoms with Crippen LogP contribution in [0.2, 0.25) is 0 Å². The molecule has 0 spiro atoms. The number of carbonyl (C=O) groups is 1. The van der Waals surface area contributed by atoms with Gasteiger partial charge in [-0.25, -0.2) is 14.8 Å². The van der Waals surface area contributed by atoms with Gasteiger partial charge in [0, 0.05) is 18.3 Å². The van der Waals surface area contributed by atoms with Crippen molar-refractivity contribution in [1.82, 2.24) is 9.97 Å². The van der Waals surface area contributed by atoms with Gasteiger partial charge >= 0.3 is 5.97 Å². The number of carboxylic acids is 1. The zero-order valence-electron chi connectivity index (χ0n) is 9.76. The lowest BCUT2D eigenvalue weighted by atomic mass is 10.1. The summed E-state index contributed by atoms with van der Waals surface area (Å²) in [5.74, 6) is 0.355. The third-order valence-corrected chi connectivity index (χ3v) is 3.73. The van der Waals surface area contributed by atoms with Gasteiger partial charge in [-0.3, -0.25) is 0 Å². The van der Waals surface area contributed by atoms with E-state index >= 15 is 0 Å². The quantitative estimate of drug-likeness (QED) is 0.838. The Balaban J connectivity index is 1.95. The minimum Gasteiger partial charge on any atom is -0.477 e. The van der Waals surface area contributed by atoms with Crippen LogP contribution in [0, 0.1) is 12.8 Å². The van der Waals surface area contributed by atoms with Gasteiger partial charge in [-0.05, 0) is 38.2 Å². The molecule has 0 radical (unpaired) electrons. The monoisotopic (exact) mass is 233 g/mol. The first-order valence-electron chi connectivity index (χ1n) is 5.99. The Morgan fingerprint density at radius 3 is 2.88 bits per heavy atom. The fraction of sp³-hybridized carbons (Fsp3) is 0.583. The summed E-state index contributed by atoms with van der Waals surface area (Å²) < 4.78 is 0. The van der Waals surface area contributed by atoms with Crippen LogP contribution in [0.25, 0.3) is 0 Å². The van der Waals surface area contributed by atoms with Crippen molar-refractivity contribution in [2.24, 2.45) is 5.92 Å². The molecule has 2 unspecified atom stereocenters. The van der Waals surface area contributed by atoms with Crippen LogP contribution in [0.3, 0.4) is 0 Å². The highest BCUT2D eigenvalue weighted by Gasteiger charge is 2.39. The Hall–Kier alpha value is -1.65. The standard InChI is InChI=1S/C12H15N3O2/c1-7-4-10(11(16)17)14-12(13-7)15-6-8-2-3-9(15)5-8/h4,8-9H,2-3,5-6H2,1H3,(H,16,17). The summed E-state index contributed by atoms with van der Waals surface area (Å²) in [6.45, 7) is 2.79. The highest BCUT2D eigenvalue weighted by molar-refractivity contribution is 5.85. The first-order valence-corrected chi connectivity index (χ1v) is 5.99. The molecule has 2 atom stereocenters. The zero-order chi connectivity index (χ0) is 12.0. The smallest absolute Gasteiger partial charge is 0.354 e. The van der Waals surface area contributed by atoms with E-state index in [1.165, 1.54) is 25.3 Å². The van der Waals surface area contributed by atoms with E-state index in [1.54, 1.807) is 0 Å². The predicted molar refractivity (Wildman–Crippen MR) is 62.2 cm³/mol. The molecule has 17 heavy (non-hydrogen) atoms. The number of hydrogen-bond donors (Lipinski definition) is 1. The van der Waals surface area contributed by atoms with Crippen molar-refractivity contribution >= 4 is 11.9 Å². The first kappa shape index (κ1) is 10.5. The second-order valence-electron chi connectivity index (χ2n) is 4.98. The molecule has 1 saturated carbocycles. The van der Waals surface area contributed by atoms with Crippen molar-refractivity contribution < 1.29 is 9.90 Å². The van der Waals surface area contributed by atoms with E-state index < -0.39 is 5.97 Å². The molecule has 1 aromatic rings. The third kappa shape index (κ3) is 1.75. The molecule has 0 amide bonds. The van der Waals surface area contributed by atoms with Crippen molar-refractivity contribution in [2.75, 3.05) is 11.4 Å². The van der Waals surface area contributed by atoms with Gasteiger partial charge in [-0.15, -0.1) is 0 Å². The van der Waals surface area contributed by atoms with Crippen LogP contribution in [0.5, 0.6) is 0 Å². The molecule has 5 nitrogen and oxygen atoms in total. The summed E-state index contributed by atoms with van der Waals surface area (Å²) in [5.41, 5.74) is 0.811. The van der Waals surface area contributed by atoms with E-state index in [1.807, 2.05) is 6.92 Å². The minimum absolute atomic E-state index is 0.0928. The number of piperidine rings is 1. The molecule has 1 aromatic heterocycles. The molecule has 1 aliphatic heterocycles. The lowest BCUT2D eigenvalue weighted by Crippen LogP contribution is -2.33. The number of nitrogens with zero attached hydrogens (tertiary/aromatic N) is 3. The van der Waals surface area contributed by atoms with Crippen molar-refractivity contribution in [2.45, 2.75) is 32.2 Å². The van der Waals surface area contributed by atoms with Gasteiger partial charge in [-0.1, -0.05) is 0 Å². The van der Waals surface area contributed by atoms with Crippen molar-refractivity contribution in [3.8, 4) is 0 Å². The van der Waals surface area contributed by atoms with E-state index in [0.29, 0.717) is 12.0 Å². The van der Waals surface area contributed by atoms with Gasteiger partial charge in [0.1, 0.15) is 0 Å². The van der Waals surface area contributed by atoms with E-state index in [2.05, 4.69) is 14.9 Å². The molecule has 1 saturated heterocycles. The van der Waals surface area contributed by atoms with Gasteiger partial charge in [0.05, 0.1) is 0 Å². The fourth-order valence-electron chi connectivity index (χ4n) is 2.96. The molecule has 3 rings (SSSR count). The molecule has 1 N–H and O–H groups in total. The number of anilines is 1. The highest BCUT2D eigenvalue weighted by Crippen LogP contribution is 2.38.